The van der Waals surface area contributed by atoms with Crippen molar-refractivity contribution in [3.05, 3.63) is 117 Å². The van der Waals surface area contributed by atoms with Crippen LogP contribution < -0.4 is 16.0 Å². The Hall–Kier alpha value is -4.36. The van der Waals surface area contributed by atoms with Crippen LogP contribution in [0.3, 0.4) is 0 Å². The van der Waals surface area contributed by atoms with Crippen molar-refractivity contribution in [2.45, 2.75) is 33.7 Å². The summed E-state index contributed by atoms with van der Waals surface area (Å²) in [7, 11) is 0. The molecule has 4 aromatic rings. The highest BCUT2D eigenvalue weighted by atomic mass is 35.5. The van der Waals surface area contributed by atoms with Gasteiger partial charge in [0.25, 0.3) is 11.8 Å². The molecule has 3 aromatic carbocycles. The standard InChI is InChI=1S/C30H28ClN5O2/c1-17-8-11-23(12-9-17)34-29(37)24-16-32-36-27(21-6-5-7-22(31)15-21)26(20(4)33-28(24)36)30(38)35-25-13-10-18(2)14-19(25)3/h5-16,27,33H,1-4H3,(H,34,37)(H,35,38)/t27-/m0/s1. The van der Waals surface area contributed by atoms with Gasteiger partial charge in [-0.15, -0.1) is 0 Å². The lowest BCUT2D eigenvalue weighted by Gasteiger charge is -2.30. The Morgan fingerprint density at radius 1 is 0.895 bits per heavy atom. The van der Waals surface area contributed by atoms with Crippen LogP contribution in [0.15, 0.2) is 84.2 Å². The quantitative estimate of drug-likeness (QED) is 0.272. The van der Waals surface area contributed by atoms with Crippen molar-refractivity contribution in [3.63, 3.8) is 0 Å². The molecule has 0 bridgehead atoms. The fraction of sp³-hybridized carbons (Fsp3) is 0.167. The van der Waals surface area contributed by atoms with E-state index >= 15 is 0 Å². The number of nitrogens with zero attached hydrogens (tertiary/aromatic N) is 2. The zero-order valence-corrected chi connectivity index (χ0v) is 22.4. The van der Waals surface area contributed by atoms with Crippen LogP contribution in [-0.2, 0) is 4.79 Å². The summed E-state index contributed by atoms with van der Waals surface area (Å²) < 4.78 is 1.67. The molecule has 0 radical (unpaired) electrons. The molecule has 1 aromatic heterocycles. The van der Waals surface area contributed by atoms with Gasteiger partial charge < -0.3 is 16.0 Å². The van der Waals surface area contributed by atoms with Gasteiger partial charge in [0.05, 0.1) is 11.8 Å². The monoisotopic (exact) mass is 525 g/mol. The van der Waals surface area contributed by atoms with E-state index in [0.717, 1.165) is 27.9 Å². The van der Waals surface area contributed by atoms with E-state index in [1.54, 1.807) is 10.7 Å². The summed E-state index contributed by atoms with van der Waals surface area (Å²) in [6.07, 6.45) is 1.52. The molecule has 0 saturated carbocycles. The Morgan fingerprint density at radius 2 is 1.63 bits per heavy atom. The first-order valence-corrected chi connectivity index (χ1v) is 12.7. The number of fused-ring (bicyclic) bond motifs is 1. The number of hydrogen-bond donors (Lipinski definition) is 3. The lowest BCUT2D eigenvalue weighted by molar-refractivity contribution is -0.113. The van der Waals surface area contributed by atoms with Crippen molar-refractivity contribution in [1.29, 1.82) is 0 Å². The van der Waals surface area contributed by atoms with Crippen molar-refractivity contribution < 1.29 is 9.59 Å². The molecule has 2 heterocycles. The van der Waals surface area contributed by atoms with E-state index in [0.29, 0.717) is 33.4 Å². The molecule has 38 heavy (non-hydrogen) atoms. The molecule has 5 rings (SSSR count). The van der Waals surface area contributed by atoms with E-state index in [-0.39, 0.29) is 11.8 Å². The highest BCUT2D eigenvalue weighted by molar-refractivity contribution is 6.30. The Labute approximate surface area is 226 Å². The number of halogens is 1. The van der Waals surface area contributed by atoms with Crippen molar-refractivity contribution >= 4 is 40.6 Å². The molecule has 1 aliphatic rings. The summed E-state index contributed by atoms with van der Waals surface area (Å²) in [5.41, 5.74) is 6.84. The maximum absolute atomic E-state index is 13.7. The molecule has 3 N–H and O–H groups in total. The molecule has 0 aliphatic carbocycles. The summed E-state index contributed by atoms with van der Waals surface area (Å²) in [5.74, 6) is -0.0673. The minimum absolute atomic E-state index is 0.265. The van der Waals surface area contributed by atoms with Crippen LogP contribution in [-0.4, -0.2) is 21.6 Å². The maximum Gasteiger partial charge on any atom is 0.261 e. The lowest BCUT2D eigenvalue weighted by atomic mass is 9.94. The number of nitrogens with one attached hydrogen (secondary N) is 3. The average molecular weight is 526 g/mol. The number of rotatable bonds is 5. The summed E-state index contributed by atoms with van der Waals surface area (Å²) >= 11 is 6.35. The fourth-order valence-corrected chi connectivity index (χ4v) is 4.88. The topological polar surface area (TPSA) is 88.0 Å². The molecular weight excluding hydrogens is 498 g/mol. The molecule has 0 unspecified atom stereocenters. The number of allylic oxidation sites excluding steroid dienone is 1. The Morgan fingerprint density at radius 3 is 2.34 bits per heavy atom. The third kappa shape index (κ3) is 4.93. The molecular formula is C30H28ClN5O2. The minimum atomic E-state index is -0.600. The molecule has 0 fully saturated rings. The predicted molar refractivity (Wildman–Crippen MR) is 152 cm³/mol. The minimum Gasteiger partial charge on any atom is -0.343 e. The number of aromatic nitrogens is 2. The summed E-state index contributed by atoms with van der Waals surface area (Å²) in [5, 5.41) is 14.4. The van der Waals surface area contributed by atoms with Crippen LogP contribution in [0.25, 0.3) is 0 Å². The fourth-order valence-electron chi connectivity index (χ4n) is 4.68. The largest absolute Gasteiger partial charge is 0.343 e. The number of carbonyl (C=O) groups is 2. The van der Waals surface area contributed by atoms with Gasteiger partial charge in [0.15, 0.2) is 0 Å². The summed E-state index contributed by atoms with van der Waals surface area (Å²) in [4.78, 5) is 27.0. The predicted octanol–water partition coefficient (Wildman–Crippen LogP) is 6.64. The second-order valence-corrected chi connectivity index (χ2v) is 10.0. The Balaban J connectivity index is 1.54. The van der Waals surface area contributed by atoms with Crippen LogP contribution in [0.4, 0.5) is 17.2 Å². The van der Waals surface area contributed by atoms with Gasteiger partial charge in [-0.3, -0.25) is 9.59 Å². The summed E-state index contributed by atoms with van der Waals surface area (Å²) in [6.45, 7) is 7.79. The van der Waals surface area contributed by atoms with Crippen molar-refractivity contribution in [1.82, 2.24) is 9.78 Å². The van der Waals surface area contributed by atoms with E-state index in [9.17, 15) is 9.59 Å². The first kappa shape index (κ1) is 25.3. The number of anilines is 3. The van der Waals surface area contributed by atoms with Crippen LogP contribution in [0.1, 0.15) is 45.6 Å². The highest BCUT2D eigenvalue weighted by Crippen LogP contribution is 2.38. The van der Waals surface area contributed by atoms with Gasteiger partial charge in [-0.05, 0) is 69.2 Å². The van der Waals surface area contributed by atoms with Crippen molar-refractivity contribution in [3.8, 4) is 0 Å². The number of amides is 2. The van der Waals surface area contributed by atoms with Gasteiger partial charge in [-0.25, -0.2) is 4.68 Å². The van der Waals surface area contributed by atoms with Gasteiger partial charge in [0.1, 0.15) is 17.4 Å². The Bertz CT molecular complexity index is 1590. The smallest absolute Gasteiger partial charge is 0.261 e. The third-order valence-electron chi connectivity index (χ3n) is 6.62. The van der Waals surface area contributed by atoms with E-state index in [1.165, 1.54) is 6.20 Å². The molecule has 192 valence electrons. The number of aryl methyl sites for hydroxylation is 3. The van der Waals surface area contributed by atoms with Gasteiger partial charge in [0.2, 0.25) is 0 Å². The van der Waals surface area contributed by atoms with E-state index in [4.69, 9.17) is 11.6 Å². The second-order valence-electron chi connectivity index (χ2n) is 9.57. The molecule has 0 spiro atoms. The third-order valence-corrected chi connectivity index (χ3v) is 6.85. The second kappa shape index (κ2) is 10.2. The van der Waals surface area contributed by atoms with Crippen LogP contribution in [0.2, 0.25) is 5.02 Å². The molecule has 7 nitrogen and oxygen atoms in total. The zero-order valence-electron chi connectivity index (χ0n) is 21.6. The SMILES string of the molecule is CC1=C(C(=O)Nc2ccc(C)cc2C)[C@H](c2cccc(Cl)c2)n2ncc(C(=O)Nc3ccc(C)cc3)c2N1. The van der Waals surface area contributed by atoms with Crippen molar-refractivity contribution in [2.24, 2.45) is 0 Å². The number of hydrogen-bond acceptors (Lipinski definition) is 4. The molecule has 2 amide bonds. The van der Waals surface area contributed by atoms with Gasteiger partial charge in [-0.2, -0.15) is 5.10 Å². The highest BCUT2D eigenvalue weighted by Gasteiger charge is 2.35. The van der Waals surface area contributed by atoms with Gasteiger partial charge in [0, 0.05) is 22.1 Å². The van der Waals surface area contributed by atoms with Crippen LogP contribution in [0, 0.1) is 20.8 Å². The van der Waals surface area contributed by atoms with E-state index in [2.05, 4.69) is 21.0 Å². The molecule has 1 aliphatic heterocycles. The zero-order chi connectivity index (χ0) is 27.0. The van der Waals surface area contributed by atoms with Crippen LogP contribution in [0.5, 0.6) is 0 Å². The molecule has 1 atom stereocenters. The average Bonchev–Trinajstić information content (AvgIpc) is 3.29. The summed E-state index contributed by atoms with van der Waals surface area (Å²) in [6, 6.07) is 20.2. The maximum atomic E-state index is 13.7. The van der Waals surface area contributed by atoms with E-state index in [1.807, 2.05) is 88.4 Å². The normalized spacial score (nSPS) is 14.5. The van der Waals surface area contributed by atoms with Gasteiger partial charge in [-0.1, -0.05) is 59.1 Å². The number of carbonyl (C=O) groups excluding carboxylic acids is 2. The molecule has 0 saturated heterocycles. The van der Waals surface area contributed by atoms with E-state index < -0.39 is 6.04 Å². The lowest BCUT2D eigenvalue weighted by Crippen LogP contribution is -2.32. The molecule has 8 heteroatoms. The first-order valence-electron chi connectivity index (χ1n) is 12.3. The first-order chi connectivity index (χ1) is 18.2. The van der Waals surface area contributed by atoms with Crippen LogP contribution >= 0.6 is 11.6 Å². The van der Waals surface area contributed by atoms with Gasteiger partial charge >= 0.3 is 0 Å². The Kier molecular flexibility index (Phi) is 6.78. The number of benzene rings is 3. The van der Waals surface area contributed by atoms with Crippen molar-refractivity contribution in [2.75, 3.05) is 16.0 Å².